The fraction of sp³-hybridized carbons (Fsp3) is 0.500. The Morgan fingerprint density at radius 2 is 1.78 bits per heavy atom. The van der Waals surface area contributed by atoms with Gasteiger partial charge in [-0.3, -0.25) is 4.79 Å². The highest BCUT2D eigenvalue weighted by Gasteiger charge is 2.27. The number of benzene rings is 2. The molecule has 1 aliphatic carbocycles. The van der Waals surface area contributed by atoms with Crippen LogP contribution < -0.4 is 10.0 Å². The van der Waals surface area contributed by atoms with E-state index in [1.807, 2.05) is 56.8 Å². The zero-order chi connectivity index (χ0) is 25.3. The van der Waals surface area contributed by atoms with Gasteiger partial charge in [-0.25, -0.2) is 13.9 Å². The number of carbonyl (C=O) groups is 1. The van der Waals surface area contributed by atoms with Crippen LogP contribution in [0.25, 0.3) is 21.2 Å². The predicted octanol–water partition coefficient (Wildman–Crippen LogP) is 6.34. The third-order valence-corrected chi connectivity index (χ3v) is 10.8. The maximum absolute atomic E-state index is 13.2. The number of thioether (sulfide) groups is 1. The van der Waals surface area contributed by atoms with Gasteiger partial charge in [0.05, 0.1) is 15.5 Å². The van der Waals surface area contributed by atoms with Gasteiger partial charge in [0.2, 0.25) is 0 Å². The molecule has 1 atom stereocenters. The first-order chi connectivity index (χ1) is 17.3. The van der Waals surface area contributed by atoms with E-state index < -0.39 is 11.0 Å². The minimum Gasteiger partial charge on any atom is -0.346 e. The number of nitrogens with one attached hydrogen (secondary N) is 2. The highest BCUT2D eigenvalue weighted by molar-refractivity contribution is 8.00. The standard InChI is InChI=1S/C28H35N3O2S3/c1-28(2,3)31-36(33)24-14-13-22(20-11-7-8-12-21(20)24)25-23(15-18-9-5-4-6-10-18)30-27(35-25)26(32)29-19-16-34-17-19/h7-8,11-14,18-19,31H,4-6,9-10,15-17H2,1-3H3,(H,29,32). The first-order valence-corrected chi connectivity index (χ1v) is 16.0. The Morgan fingerprint density at radius 3 is 2.44 bits per heavy atom. The van der Waals surface area contributed by atoms with Crippen molar-refractivity contribution in [2.45, 2.75) is 75.8 Å². The summed E-state index contributed by atoms with van der Waals surface area (Å²) in [5.41, 5.74) is 1.84. The van der Waals surface area contributed by atoms with Crippen LogP contribution in [-0.2, 0) is 17.4 Å². The molecule has 1 saturated heterocycles. The van der Waals surface area contributed by atoms with Crippen LogP contribution >= 0.6 is 23.1 Å². The number of aromatic nitrogens is 1. The number of thiazole rings is 1. The second-order valence-corrected chi connectivity index (χ2v) is 14.2. The normalized spacial score (nSPS) is 18.2. The summed E-state index contributed by atoms with van der Waals surface area (Å²) in [5, 5.41) is 5.73. The third kappa shape index (κ3) is 5.87. The van der Waals surface area contributed by atoms with Crippen molar-refractivity contribution in [3.05, 3.63) is 47.1 Å². The molecule has 2 N–H and O–H groups in total. The molecule has 1 amide bonds. The van der Waals surface area contributed by atoms with E-state index in [2.05, 4.69) is 22.2 Å². The van der Waals surface area contributed by atoms with E-state index in [1.165, 1.54) is 43.4 Å². The van der Waals surface area contributed by atoms with Gasteiger partial charge in [0.25, 0.3) is 5.91 Å². The van der Waals surface area contributed by atoms with E-state index in [0.717, 1.165) is 49.7 Å². The lowest BCUT2D eigenvalue weighted by atomic mass is 9.85. The quantitative estimate of drug-likeness (QED) is 0.366. The Balaban J connectivity index is 1.55. The van der Waals surface area contributed by atoms with Gasteiger partial charge in [-0.1, -0.05) is 62.4 Å². The van der Waals surface area contributed by atoms with Crippen molar-refractivity contribution >= 4 is 50.8 Å². The summed E-state index contributed by atoms with van der Waals surface area (Å²) in [7, 11) is -1.33. The predicted molar refractivity (Wildman–Crippen MR) is 153 cm³/mol. The molecule has 2 fully saturated rings. The topological polar surface area (TPSA) is 71.1 Å². The zero-order valence-corrected chi connectivity index (χ0v) is 23.7. The van der Waals surface area contributed by atoms with Gasteiger partial charge in [0, 0.05) is 28.6 Å². The first-order valence-electron chi connectivity index (χ1n) is 12.9. The van der Waals surface area contributed by atoms with Crippen LogP contribution in [0.4, 0.5) is 0 Å². The highest BCUT2D eigenvalue weighted by atomic mass is 32.2. The summed E-state index contributed by atoms with van der Waals surface area (Å²) < 4.78 is 16.4. The SMILES string of the molecule is CC(C)(C)NS(=O)c1ccc(-c2sc(C(=O)NC3CSC3)nc2CC2CCCCC2)c2ccccc12. The second kappa shape index (κ2) is 10.9. The van der Waals surface area contributed by atoms with E-state index in [4.69, 9.17) is 4.98 Å². The third-order valence-electron chi connectivity index (χ3n) is 6.80. The van der Waals surface area contributed by atoms with Crippen molar-refractivity contribution in [1.29, 1.82) is 0 Å². The van der Waals surface area contributed by atoms with Crippen LogP contribution in [0.1, 0.15) is 68.4 Å². The molecule has 0 radical (unpaired) electrons. The largest absolute Gasteiger partial charge is 0.346 e. The Labute approximate surface area is 224 Å². The summed E-state index contributed by atoms with van der Waals surface area (Å²) in [4.78, 5) is 19.8. The highest BCUT2D eigenvalue weighted by Crippen LogP contribution is 2.39. The molecule has 192 valence electrons. The zero-order valence-electron chi connectivity index (χ0n) is 21.3. The van der Waals surface area contributed by atoms with E-state index in [9.17, 15) is 9.00 Å². The van der Waals surface area contributed by atoms with Gasteiger partial charge in [-0.2, -0.15) is 11.8 Å². The molecule has 0 spiro atoms. The molecule has 36 heavy (non-hydrogen) atoms. The van der Waals surface area contributed by atoms with Crippen LogP contribution in [0.15, 0.2) is 41.3 Å². The monoisotopic (exact) mass is 541 g/mol. The molecular weight excluding hydrogens is 507 g/mol. The van der Waals surface area contributed by atoms with Gasteiger partial charge in [0.15, 0.2) is 5.01 Å². The number of amides is 1. The first kappa shape index (κ1) is 25.9. The molecule has 1 aromatic heterocycles. The summed E-state index contributed by atoms with van der Waals surface area (Å²) in [6, 6.07) is 12.5. The van der Waals surface area contributed by atoms with Crippen LogP contribution in [0.5, 0.6) is 0 Å². The number of fused-ring (bicyclic) bond motifs is 1. The van der Waals surface area contributed by atoms with E-state index in [-0.39, 0.29) is 17.5 Å². The van der Waals surface area contributed by atoms with Crippen LogP contribution in [0.2, 0.25) is 0 Å². The average molecular weight is 542 g/mol. The van der Waals surface area contributed by atoms with Gasteiger partial charge in [-0.05, 0) is 49.9 Å². The molecular formula is C28H35N3O2S3. The average Bonchev–Trinajstić information content (AvgIpc) is 3.23. The molecule has 5 nitrogen and oxygen atoms in total. The molecule has 2 aliphatic rings. The summed E-state index contributed by atoms with van der Waals surface area (Å²) in [6.45, 7) is 6.06. The number of carbonyl (C=O) groups excluding carboxylic acids is 1. The van der Waals surface area contributed by atoms with Crippen molar-refractivity contribution < 1.29 is 9.00 Å². The Kier molecular flexibility index (Phi) is 7.86. The minimum atomic E-state index is -1.33. The lowest BCUT2D eigenvalue weighted by Gasteiger charge is -2.25. The fourth-order valence-electron chi connectivity index (χ4n) is 4.99. The second-order valence-electron chi connectivity index (χ2n) is 11.0. The minimum absolute atomic E-state index is 0.0575. The molecule has 2 aromatic carbocycles. The lowest BCUT2D eigenvalue weighted by molar-refractivity contribution is 0.0942. The molecule has 0 bridgehead atoms. The maximum Gasteiger partial charge on any atom is 0.280 e. The number of nitrogens with zero attached hydrogens (tertiary/aromatic N) is 1. The smallest absolute Gasteiger partial charge is 0.280 e. The molecule has 5 rings (SSSR count). The molecule has 3 aromatic rings. The van der Waals surface area contributed by atoms with Crippen LogP contribution in [-0.4, -0.2) is 38.2 Å². The molecule has 1 unspecified atom stereocenters. The lowest BCUT2D eigenvalue weighted by Crippen LogP contribution is -2.43. The number of hydrogen-bond donors (Lipinski definition) is 2. The summed E-state index contributed by atoms with van der Waals surface area (Å²) in [6.07, 6.45) is 7.25. The van der Waals surface area contributed by atoms with Crippen LogP contribution in [0.3, 0.4) is 0 Å². The van der Waals surface area contributed by atoms with Gasteiger partial charge < -0.3 is 5.32 Å². The Bertz CT molecular complexity index is 1270. The molecule has 2 heterocycles. The van der Waals surface area contributed by atoms with E-state index in [1.54, 1.807) is 0 Å². The van der Waals surface area contributed by atoms with Crippen molar-refractivity contribution in [3.63, 3.8) is 0 Å². The number of hydrogen-bond acceptors (Lipinski definition) is 5. The molecule has 8 heteroatoms. The number of rotatable bonds is 7. The molecule has 1 saturated carbocycles. The molecule has 1 aliphatic heterocycles. The van der Waals surface area contributed by atoms with Gasteiger partial charge in [-0.15, -0.1) is 11.3 Å². The van der Waals surface area contributed by atoms with Crippen molar-refractivity contribution in [3.8, 4) is 10.4 Å². The van der Waals surface area contributed by atoms with Crippen molar-refractivity contribution in [1.82, 2.24) is 15.0 Å². The Hall–Kier alpha value is -1.74. The van der Waals surface area contributed by atoms with E-state index >= 15 is 0 Å². The van der Waals surface area contributed by atoms with Crippen molar-refractivity contribution in [2.24, 2.45) is 5.92 Å². The fourth-order valence-corrected chi connectivity index (χ4v) is 7.90. The van der Waals surface area contributed by atoms with Crippen LogP contribution in [0, 0.1) is 5.92 Å². The van der Waals surface area contributed by atoms with Crippen molar-refractivity contribution in [2.75, 3.05) is 11.5 Å². The Morgan fingerprint density at radius 1 is 1.06 bits per heavy atom. The van der Waals surface area contributed by atoms with Gasteiger partial charge >= 0.3 is 0 Å². The van der Waals surface area contributed by atoms with E-state index in [0.29, 0.717) is 10.9 Å². The maximum atomic E-state index is 13.2. The van der Waals surface area contributed by atoms with Gasteiger partial charge in [0.1, 0.15) is 11.0 Å². The summed E-state index contributed by atoms with van der Waals surface area (Å²) >= 11 is 3.36. The summed E-state index contributed by atoms with van der Waals surface area (Å²) in [5.74, 6) is 2.51.